The molecule has 8 heteroatoms. The van der Waals surface area contributed by atoms with E-state index in [9.17, 15) is 22.8 Å². The van der Waals surface area contributed by atoms with Crippen molar-refractivity contribution in [3.63, 3.8) is 0 Å². The van der Waals surface area contributed by atoms with E-state index in [2.05, 4.69) is 5.32 Å². The van der Waals surface area contributed by atoms with Gasteiger partial charge < -0.3 is 15.2 Å². The van der Waals surface area contributed by atoms with E-state index in [-0.39, 0.29) is 13.0 Å². The fourth-order valence-electron chi connectivity index (χ4n) is 1.49. The summed E-state index contributed by atoms with van der Waals surface area (Å²) in [6, 6.07) is -1.28. The molecule has 0 aromatic rings. The summed E-state index contributed by atoms with van der Waals surface area (Å²) in [7, 11) is 0. The quantitative estimate of drug-likeness (QED) is 0.754. The normalized spacial score (nSPS) is 14.5. The van der Waals surface area contributed by atoms with Gasteiger partial charge in [0.25, 0.3) is 0 Å². The lowest BCUT2D eigenvalue weighted by Gasteiger charge is -2.27. The lowest BCUT2D eigenvalue weighted by Crippen LogP contribution is -2.45. The molecule has 0 aliphatic rings. The molecule has 1 unspecified atom stereocenters. The van der Waals surface area contributed by atoms with Crippen molar-refractivity contribution in [2.24, 2.45) is 5.41 Å². The Labute approximate surface area is 128 Å². The van der Waals surface area contributed by atoms with Gasteiger partial charge in [-0.15, -0.1) is 0 Å². The highest BCUT2D eigenvalue weighted by atomic mass is 19.4. The number of rotatable bonds is 7. The second kappa shape index (κ2) is 7.30. The molecule has 0 aromatic heterocycles. The average Bonchev–Trinajstić information content (AvgIpc) is 2.23. The van der Waals surface area contributed by atoms with Gasteiger partial charge in [-0.1, -0.05) is 13.8 Å². The minimum Gasteiger partial charge on any atom is -0.480 e. The number of carbonyl (C=O) groups excluding carboxylic acids is 1. The van der Waals surface area contributed by atoms with Crippen LogP contribution in [0.1, 0.15) is 47.5 Å². The minimum atomic E-state index is -4.54. The second-order valence-corrected chi connectivity index (χ2v) is 6.77. The Morgan fingerprint density at radius 3 is 2.00 bits per heavy atom. The zero-order valence-electron chi connectivity index (χ0n) is 13.5. The molecule has 0 saturated carbocycles. The van der Waals surface area contributed by atoms with Crippen LogP contribution in [0.15, 0.2) is 0 Å². The third-order valence-corrected chi connectivity index (χ3v) is 2.94. The molecular weight excluding hydrogens is 303 g/mol. The molecule has 0 radical (unpaired) electrons. The summed E-state index contributed by atoms with van der Waals surface area (Å²) in [6.07, 6.45) is -5.40. The van der Waals surface area contributed by atoms with E-state index in [4.69, 9.17) is 9.84 Å². The van der Waals surface area contributed by atoms with Gasteiger partial charge in [0.05, 0.1) is 11.0 Å². The highest BCUT2D eigenvalue weighted by Gasteiger charge is 2.48. The lowest BCUT2D eigenvalue weighted by atomic mass is 9.88. The van der Waals surface area contributed by atoms with Crippen molar-refractivity contribution in [2.75, 3.05) is 6.61 Å². The highest BCUT2D eigenvalue weighted by Crippen LogP contribution is 2.40. The van der Waals surface area contributed by atoms with E-state index in [0.717, 1.165) is 13.8 Å². The van der Waals surface area contributed by atoms with Crippen molar-refractivity contribution in [3.8, 4) is 0 Å². The fraction of sp³-hybridized carbons (Fsp3) is 0.857. The Bertz CT molecular complexity index is 400. The molecule has 0 bridgehead atoms. The number of amides is 1. The third-order valence-electron chi connectivity index (χ3n) is 2.94. The van der Waals surface area contributed by atoms with Crippen LogP contribution in [0.4, 0.5) is 13.2 Å². The molecule has 0 rings (SSSR count). The summed E-state index contributed by atoms with van der Waals surface area (Å²) in [5.41, 5.74) is -2.69. The maximum Gasteiger partial charge on any atom is 0.394 e. The predicted molar refractivity (Wildman–Crippen MR) is 74.3 cm³/mol. The average molecular weight is 327 g/mol. The molecule has 2 N–H and O–H groups in total. The van der Waals surface area contributed by atoms with Gasteiger partial charge in [-0.2, -0.15) is 13.2 Å². The van der Waals surface area contributed by atoms with Gasteiger partial charge in [0.2, 0.25) is 5.91 Å². The van der Waals surface area contributed by atoms with Crippen LogP contribution in [0.2, 0.25) is 0 Å². The number of ether oxygens (including phenoxy) is 1. The van der Waals surface area contributed by atoms with Crippen LogP contribution in [0.3, 0.4) is 0 Å². The number of halogens is 3. The van der Waals surface area contributed by atoms with Gasteiger partial charge in [-0.25, -0.2) is 4.79 Å². The van der Waals surface area contributed by atoms with Crippen molar-refractivity contribution < 1.29 is 32.6 Å². The SMILES string of the molecule is CC(C)(C)OCCC(NC(=O)CC(C)(C)C(F)(F)F)C(=O)O. The zero-order valence-corrected chi connectivity index (χ0v) is 13.5. The van der Waals surface area contributed by atoms with Crippen LogP contribution in [-0.4, -0.2) is 41.4 Å². The number of carboxylic acid groups (broad SMARTS) is 1. The van der Waals surface area contributed by atoms with Crippen LogP contribution in [0.5, 0.6) is 0 Å². The first kappa shape index (κ1) is 20.7. The number of alkyl halides is 3. The van der Waals surface area contributed by atoms with Crippen molar-refractivity contribution in [1.29, 1.82) is 0 Å². The molecule has 0 heterocycles. The molecule has 0 fully saturated rings. The molecule has 5 nitrogen and oxygen atoms in total. The Balaban J connectivity index is 4.58. The Hall–Kier alpha value is -1.31. The lowest BCUT2D eigenvalue weighted by molar-refractivity contribution is -0.213. The van der Waals surface area contributed by atoms with Crippen molar-refractivity contribution in [2.45, 2.75) is 65.3 Å². The number of carboxylic acids is 1. The Morgan fingerprint density at radius 2 is 1.64 bits per heavy atom. The Morgan fingerprint density at radius 1 is 1.14 bits per heavy atom. The van der Waals surface area contributed by atoms with Gasteiger partial charge >= 0.3 is 12.1 Å². The first-order valence-corrected chi connectivity index (χ1v) is 6.88. The van der Waals surface area contributed by atoms with Crippen LogP contribution < -0.4 is 5.32 Å². The topological polar surface area (TPSA) is 75.6 Å². The monoisotopic (exact) mass is 327 g/mol. The fourth-order valence-corrected chi connectivity index (χ4v) is 1.49. The molecule has 130 valence electrons. The Kier molecular flexibility index (Phi) is 6.87. The molecule has 1 amide bonds. The number of hydrogen-bond acceptors (Lipinski definition) is 3. The molecule has 22 heavy (non-hydrogen) atoms. The maximum absolute atomic E-state index is 12.7. The summed E-state index contributed by atoms with van der Waals surface area (Å²) in [5, 5.41) is 11.1. The van der Waals surface area contributed by atoms with Gasteiger partial charge in [-0.05, 0) is 20.8 Å². The number of carbonyl (C=O) groups is 2. The molecule has 0 aromatic carbocycles. The summed E-state index contributed by atoms with van der Waals surface area (Å²) >= 11 is 0. The van der Waals surface area contributed by atoms with E-state index in [1.165, 1.54) is 0 Å². The van der Waals surface area contributed by atoms with E-state index in [1.807, 2.05) is 0 Å². The molecule has 0 saturated heterocycles. The first-order chi connectivity index (χ1) is 9.66. The van der Waals surface area contributed by atoms with Crippen LogP contribution in [-0.2, 0) is 14.3 Å². The minimum absolute atomic E-state index is 0.0230. The highest BCUT2D eigenvalue weighted by molar-refractivity contribution is 5.83. The van der Waals surface area contributed by atoms with Crippen LogP contribution in [0, 0.1) is 5.41 Å². The van der Waals surface area contributed by atoms with Crippen molar-refractivity contribution in [3.05, 3.63) is 0 Å². The summed E-state index contributed by atoms with van der Waals surface area (Å²) in [6.45, 7) is 7.22. The van der Waals surface area contributed by atoms with Gasteiger partial charge in [0.15, 0.2) is 0 Å². The molecule has 0 aliphatic carbocycles. The van der Waals surface area contributed by atoms with Gasteiger partial charge in [-0.3, -0.25) is 4.79 Å². The predicted octanol–water partition coefficient (Wildman–Crippen LogP) is 2.74. The largest absolute Gasteiger partial charge is 0.480 e. The molecule has 0 aliphatic heterocycles. The molecular formula is C14H24F3NO4. The first-order valence-electron chi connectivity index (χ1n) is 6.88. The summed E-state index contributed by atoms with van der Waals surface area (Å²) in [5.74, 6) is -2.26. The maximum atomic E-state index is 12.7. The standard InChI is InChI=1S/C14H24F3NO4/c1-12(2,3)22-7-6-9(11(20)21)18-10(19)8-13(4,5)14(15,16)17/h9H,6-8H2,1-5H3,(H,18,19)(H,20,21). The summed E-state index contributed by atoms with van der Waals surface area (Å²) in [4.78, 5) is 22.7. The third kappa shape index (κ3) is 7.63. The smallest absolute Gasteiger partial charge is 0.394 e. The van der Waals surface area contributed by atoms with Crippen molar-refractivity contribution in [1.82, 2.24) is 5.32 Å². The summed E-state index contributed by atoms with van der Waals surface area (Å²) < 4.78 is 43.5. The van der Waals surface area contributed by atoms with Gasteiger partial charge in [0, 0.05) is 19.4 Å². The van der Waals surface area contributed by atoms with E-state index in [1.54, 1.807) is 20.8 Å². The van der Waals surface area contributed by atoms with Crippen LogP contribution >= 0.6 is 0 Å². The molecule has 1 atom stereocenters. The van der Waals surface area contributed by atoms with E-state index >= 15 is 0 Å². The molecule has 0 spiro atoms. The van der Waals surface area contributed by atoms with E-state index < -0.39 is 41.5 Å². The van der Waals surface area contributed by atoms with Gasteiger partial charge in [0.1, 0.15) is 6.04 Å². The van der Waals surface area contributed by atoms with E-state index in [0.29, 0.717) is 0 Å². The van der Waals surface area contributed by atoms with Crippen molar-refractivity contribution >= 4 is 11.9 Å². The van der Waals surface area contributed by atoms with Crippen LogP contribution in [0.25, 0.3) is 0 Å². The zero-order chi connectivity index (χ0) is 17.8. The number of hydrogen-bond donors (Lipinski definition) is 2. The number of nitrogens with one attached hydrogen (secondary N) is 1. The second-order valence-electron chi connectivity index (χ2n) is 6.77. The number of aliphatic carboxylic acids is 1.